The largest absolute Gasteiger partial charge is 0.416 e. The molecule has 1 aromatic carbocycles. The lowest BCUT2D eigenvalue weighted by atomic mass is 10.0. The number of fused-ring (bicyclic) bond motifs is 1. The Morgan fingerprint density at radius 2 is 1.93 bits per heavy atom. The first-order valence-electron chi connectivity index (χ1n) is 8.81. The third kappa shape index (κ3) is 3.99. The molecule has 2 aromatic heterocycles. The van der Waals surface area contributed by atoms with Crippen molar-refractivity contribution in [1.29, 1.82) is 0 Å². The highest BCUT2D eigenvalue weighted by molar-refractivity contribution is 5.85. The van der Waals surface area contributed by atoms with Crippen molar-refractivity contribution in [2.24, 2.45) is 7.05 Å². The minimum absolute atomic E-state index is 0. The van der Waals surface area contributed by atoms with Gasteiger partial charge in [0, 0.05) is 45.1 Å². The average Bonchev–Trinajstić information content (AvgIpc) is 2.97. The number of imidazole rings is 1. The van der Waals surface area contributed by atoms with Gasteiger partial charge >= 0.3 is 6.18 Å². The number of hydrogen-bond acceptors (Lipinski definition) is 4. The molecule has 1 aliphatic heterocycles. The Hall–Kier alpha value is -2.16. The van der Waals surface area contributed by atoms with Crippen LogP contribution in [0.1, 0.15) is 23.0 Å². The third-order valence-corrected chi connectivity index (χ3v) is 5.09. The van der Waals surface area contributed by atoms with E-state index in [4.69, 9.17) is 0 Å². The Kier molecular flexibility index (Phi) is 5.92. The summed E-state index contributed by atoms with van der Waals surface area (Å²) < 4.78 is 40.8. The molecule has 0 amide bonds. The fourth-order valence-electron chi connectivity index (χ4n) is 3.60. The Bertz CT molecular complexity index is 942. The maximum atomic E-state index is 13.0. The minimum Gasteiger partial charge on any atom is -0.330 e. The molecular formula is C19H21ClF3N5. The number of aromatic nitrogens is 3. The molecular weight excluding hydrogens is 391 g/mol. The van der Waals surface area contributed by atoms with Gasteiger partial charge in [-0.3, -0.25) is 9.88 Å². The van der Waals surface area contributed by atoms with E-state index in [1.165, 1.54) is 6.07 Å². The van der Waals surface area contributed by atoms with Crippen LogP contribution in [0.5, 0.6) is 0 Å². The van der Waals surface area contributed by atoms with E-state index in [0.717, 1.165) is 43.2 Å². The summed E-state index contributed by atoms with van der Waals surface area (Å²) in [4.78, 5) is 10.9. The van der Waals surface area contributed by atoms with E-state index in [1.54, 1.807) is 12.4 Å². The quantitative estimate of drug-likeness (QED) is 0.716. The molecule has 3 heterocycles. The van der Waals surface area contributed by atoms with Crippen molar-refractivity contribution in [2.75, 3.05) is 19.6 Å². The van der Waals surface area contributed by atoms with Crippen LogP contribution in [-0.2, 0) is 19.8 Å². The summed E-state index contributed by atoms with van der Waals surface area (Å²) in [6.07, 6.45) is -0.817. The summed E-state index contributed by atoms with van der Waals surface area (Å²) in [6.45, 7) is 3.08. The summed E-state index contributed by atoms with van der Waals surface area (Å²) in [5, 5.41) is 3.40. The van der Waals surface area contributed by atoms with Crippen molar-refractivity contribution in [3.63, 3.8) is 0 Å². The standard InChI is InChI=1S/C19H20F3N5.ClH/c1-26-16-3-2-14(19(20,21)22)10-15(16)25-18(26)12-27-9-8-24-11-17(27)13-4-6-23-7-5-13;/h2-7,10,17,24H,8-9,11-12H2,1H3;1H. The fourth-order valence-corrected chi connectivity index (χ4v) is 3.60. The predicted molar refractivity (Wildman–Crippen MR) is 103 cm³/mol. The molecule has 1 saturated heterocycles. The maximum absolute atomic E-state index is 13.0. The van der Waals surface area contributed by atoms with E-state index >= 15 is 0 Å². The van der Waals surface area contributed by atoms with Crippen LogP contribution in [0.4, 0.5) is 13.2 Å². The lowest BCUT2D eigenvalue weighted by molar-refractivity contribution is -0.137. The van der Waals surface area contributed by atoms with Gasteiger partial charge in [0.1, 0.15) is 5.82 Å². The summed E-state index contributed by atoms with van der Waals surface area (Å²) >= 11 is 0. The van der Waals surface area contributed by atoms with Gasteiger partial charge in [-0.15, -0.1) is 12.4 Å². The van der Waals surface area contributed by atoms with Crippen LogP contribution >= 0.6 is 12.4 Å². The zero-order chi connectivity index (χ0) is 19.0. The van der Waals surface area contributed by atoms with Crippen LogP contribution < -0.4 is 5.32 Å². The van der Waals surface area contributed by atoms with Crippen molar-refractivity contribution < 1.29 is 13.2 Å². The normalized spacial score (nSPS) is 18.2. The van der Waals surface area contributed by atoms with Crippen molar-refractivity contribution in [2.45, 2.75) is 18.8 Å². The van der Waals surface area contributed by atoms with Crippen LogP contribution in [0.15, 0.2) is 42.7 Å². The molecule has 9 heteroatoms. The molecule has 1 fully saturated rings. The first-order chi connectivity index (χ1) is 12.9. The number of nitrogens with zero attached hydrogens (tertiary/aromatic N) is 4. The molecule has 0 radical (unpaired) electrons. The number of aryl methyl sites for hydroxylation is 1. The van der Waals surface area contributed by atoms with Crippen LogP contribution in [0.25, 0.3) is 11.0 Å². The number of nitrogens with one attached hydrogen (secondary N) is 1. The molecule has 4 rings (SSSR count). The fraction of sp³-hybridized carbons (Fsp3) is 0.368. The summed E-state index contributed by atoms with van der Waals surface area (Å²) in [5.41, 5.74) is 1.57. The molecule has 1 atom stereocenters. The SMILES string of the molecule is Cl.Cn1c(CN2CCNCC2c2ccncc2)nc2cc(C(F)(F)F)ccc21. The molecule has 28 heavy (non-hydrogen) atoms. The Balaban J connectivity index is 0.00000225. The zero-order valence-electron chi connectivity index (χ0n) is 15.3. The number of halogens is 4. The molecule has 0 saturated carbocycles. The number of piperazine rings is 1. The number of pyridine rings is 1. The zero-order valence-corrected chi connectivity index (χ0v) is 16.1. The van der Waals surface area contributed by atoms with Crippen LogP contribution in [-0.4, -0.2) is 39.1 Å². The highest BCUT2D eigenvalue weighted by atomic mass is 35.5. The number of hydrogen-bond donors (Lipinski definition) is 1. The van der Waals surface area contributed by atoms with Crippen molar-refractivity contribution in [1.82, 2.24) is 24.8 Å². The van der Waals surface area contributed by atoms with Gasteiger partial charge in [0.2, 0.25) is 0 Å². The molecule has 1 aliphatic rings. The second kappa shape index (κ2) is 8.06. The molecule has 5 nitrogen and oxygen atoms in total. The monoisotopic (exact) mass is 411 g/mol. The molecule has 0 bridgehead atoms. The van der Waals surface area contributed by atoms with Crippen molar-refractivity contribution >= 4 is 23.4 Å². The van der Waals surface area contributed by atoms with E-state index in [2.05, 4.69) is 20.2 Å². The smallest absolute Gasteiger partial charge is 0.330 e. The number of alkyl halides is 3. The van der Waals surface area contributed by atoms with Gasteiger partial charge in [-0.2, -0.15) is 13.2 Å². The average molecular weight is 412 g/mol. The predicted octanol–water partition coefficient (Wildman–Crippen LogP) is 3.56. The first-order valence-corrected chi connectivity index (χ1v) is 8.81. The van der Waals surface area contributed by atoms with E-state index in [-0.39, 0.29) is 18.4 Å². The Morgan fingerprint density at radius 1 is 1.18 bits per heavy atom. The molecule has 3 aromatic rings. The first kappa shape index (κ1) is 20.6. The summed E-state index contributed by atoms with van der Waals surface area (Å²) in [5.74, 6) is 0.755. The van der Waals surface area contributed by atoms with Crippen LogP contribution in [0.3, 0.4) is 0 Å². The van der Waals surface area contributed by atoms with E-state index in [9.17, 15) is 13.2 Å². The van der Waals surface area contributed by atoms with Gasteiger partial charge in [0.15, 0.2) is 0 Å². The topological polar surface area (TPSA) is 46.0 Å². The summed E-state index contributed by atoms with van der Waals surface area (Å²) in [6, 6.07) is 7.89. The Morgan fingerprint density at radius 3 is 2.64 bits per heavy atom. The lowest BCUT2D eigenvalue weighted by Crippen LogP contribution is -2.45. The van der Waals surface area contributed by atoms with E-state index in [0.29, 0.717) is 17.6 Å². The van der Waals surface area contributed by atoms with Gasteiger partial charge in [-0.25, -0.2) is 4.98 Å². The minimum atomic E-state index is -4.36. The van der Waals surface area contributed by atoms with Gasteiger partial charge in [-0.1, -0.05) is 0 Å². The van der Waals surface area contributed by atoms with Gasteiger partial charge < -0.3 is 9.88 Å². The molecule has 0 spiro atoms. The third-order valence-electron chi connectivity index (χ3n) is 5.09. The second-order valence-corrected chi connectivity index (χ2v) is 6.76. The van der Waals surface area contributed by atoms with Gasteiger partial charge in [0.25, 0.3) is 0 Å². The maximum Gasteiger partial charge on any atom is 0.416 e. The van der Waals surface area contributed by atoms with Crippen LogP contribution in [0, 0.1) is 0 Å². The van der Waals surface area contributed by atoms with Gasteiger partial charge in [0.05, 0.1) is 23.1 Å². The molecule has 0 aliphatic carbocycles. The van der Waals surface area contributed by atoms with E-state index in [1.807, 2.05) is 23.7 Å². The number of rotatable bonds is 3. The molecule has 1 unspecified atom stereocenters. The molecule has 1 N–H and O–H groups in total. The number of benzene rings is 1. The highest BCUT2D eigenvalue weighted by Crippen LogP contribution is 2.32. The van der Waals surface area contributed by atoms with Crippen LogP contribution in [0.2, 0.25) is 0 Å². The van der Waals surface area contributed by atoms with Crippen molar-refractivity contribution in [3.05, 3.63) is 59.7 Å². The Labute approximate surface area is 167 Å². The summed E-state index contributed by atoms with van der Waals surface area (Å²) in [7, 11) is 1.85. The van der Waals surface area contributed by atoms with E-state index < -0.39 is 11.7 Å². The van der Waals surface area contributed by atoms with Gasteiger partial charge in [-0.05, 0) is 35.9 Å². The molecule has 150 valence electrons. The highest BCUT2D eigenvalue weighted by Gasteiger charge is 2.31. The van der Waals surface area contributed by atoms with Crippen molar-refractivity contribution in [3.8, 4) is 0 Å². The lowest BCUT2D eigenvalue weighted by Gasteiger charge is -2.36. The second-order valence-electron chi connectivity index (χ2n) is 6.76.